The van der Waals surface area contributed by atoms with Crippen molar-refractivity contribution in [3.63, 3.8) is 0 Å². The maximum absolute atomic E-state index is 12.9. The van der Waals surface area contributed by atoms with E-state index in [1.165, 1.54) is 23.5 Å². The van der Waals surface area contributed by atoms with Crippen molar-refractivity contribution in [1.82, 2.24) is 4.98 Å². The maximum Gasteiger partial charge on any atom is 0.308 e. The fourth-order valence-electron chi connectivity index (χ4n) is 1.63. The zero-order chi connectivity index (χ0) is 13.8. The Bertz CT molecular complexity index is 644. The van der Waals surface area contributed by atoms with Crippen LogP contribution in [0.1, 0.15) is 9.88 Å². The Balaban J connectivity index is 2.44. The van der Waals surface area contributed by atoms with E-state index in [1.807, 2.05) is 6.07 Å². The van der Waals surface area contributed by atoms with Gasteiger partial charge in [-0.25, -0.2) is 9.37 Å². The predicted molar refractivity (Wildman–Crippen MR) is 68.2 cm³/mol. The van der Waals surface area contributed by atoms with Gasteiger partial charge in [0.25, 0.3) is 0 Å². The van der Waals surface area contributed by atoms with Crippen LogP contribution in [0.25, 0.3) is 11.3 Å². The normalized spacial score (nSPS) is 10.1. The van der Waals surface area contributed by atoms with Crippen LogP contribution in [-0.2, 0) is 17.6 Å². The Labute approximate surface area is 112 Å². The first-order chi connectivity index (χ1) is 9.10. The first kappa shape index (κ1) is 13.2. The number of halogens is 1. The Morgan fingerprint density at radius 3 is 2.68 bits per heavy atom. The summed E-state index contributed by atoms with van der Waals surface area (Å²) >= 11 is 1.20. The number of rotatable bonds is 4. The fraction of sp³-hybridized carbons (Fsp3) is 0.154. The lowest BCUT2D eigenvalue weighted by atomic mass is 10.1. The van der Waals surface area contributed by atoms with Crippen LogP contribution in [0.15, 0.2) is 24.3 Å². The van der Waals surface area contributed by atoms with Crippen LogP contribution >= 0.6 is 11.3 Å². The second-order valence-electron chi connectivity index (χ2n) is 3.79. The van der Waals surface area contributed by atoms with E-state index < -0.39 is 5.97 Å². The number of aromatic nitrogens is 1. The summed E-state index contributed by atoms with van der Waals surface area (Å²) in [5, 5.41) is 18.1. The Morgan fingerprint density at radius 2 is 2.11 bits per heavy atom. The smallest absolute Gasteiger partial charge is 0.308 e. The van der Waals surface area contributed by atoms with Gasteiger partial charge >= 0.3 is 5.97 Å². The molecule has 0 radical (unpaired) electrons. The SMILES string of the molecule is N#CCc1nc(-c2ccc(F)cc2)c(CC(=O)O)s1. The molecule has 2 rings (SSSR count). The lowest BCUT2D eigenvalue weighted by Gasteiger charge is -2.00. The number of carbonyl (C=O) groups is 1. The molecular formula is C13H9FN2O2S. The van der Waals surface area contributed by atoms with Gasteiger partial charge in [0.1, 0.15) is 10.8 Å². The van der Waals surface area contributed by atoms with Gasteiger partial charge in [-0.15, -0.1) is 11.3 Å². The number of nitrogens with zero attached hydrogens (tertiary/aromatic N) is 2. The van der Waals surface area contributed by atoms with Crippen molar-refractivity contribution < 1.29 is 14.3 Å². The van der Waals surface area contributed by atoms with Gasteiger partial charge in [0, 0.05) is 10.4 Å². The largest absolute Gasteiger partial charge is 0.481 e. The molecule has 0 bridgehead atoms. The van der Waals surface area contributed by atoms with Crippen LogP contribution in [0.3, 0.4) is 0 Å². The van der Waals surface area contributed by atoms with E-state index in [1.54, 1.807) is 12.1 Å². The van der Waals surface area contributed by atoms with Crippen LogP contribution in [0.4, 0.5) is 4.39 Å². The summed E-state index contributed by atoms with van der Waals surface area (Å²) < 4.78 is 12.9. The highest BCUT2D eigenvalue weighted by Crippen LogP contribution is 2.29. The number of benzene rings is 1. The lowest BCUT2D eigenvalue weighted by Crippen LogP contribution is -1.99. The molecule has 1 aromatic carbocycles. The molecule has 96 valence electrons. The van der Waals surface area contributed by atoms with E-state index in [4.69, 9.17) is 10.4 Å². The molecule has 2 aromatic rings. The molecule has 6 heteroatoms. The van der Waals surface area contributed by atoms with Crippen molar-refractivity contribution in [2.75, 3.05) is 0 Å². The van der Waals surface area contributed by atoms with Gasteiger partial charge < -0.3 is 5.11 Å². The number of carboxylic acids is 1. The molecule has 0 amide bonds. The second-order valence-corrected chi connectivity index (χ2v) is 4.96. The molecule has 19 heavy (non-hydrogen) atoms. The molecule has 1 aromatic heterocycles. The molecular weight excluding hydrogens is 267 g/mol. The third-order valence-corrected chi connectivity index (χ3v) is 3.46. The van der Waals surface area contributed by atoms with Crippen LogP contribution in [0.5, 0.6) is 0 Å². The average molecular weight is 276 g/mol. The summed E-state index contributed by atoms with van der Waals surface area (Å²) in [5.41, 5.74) is 1.16. The zero-order valence-corrected chi connectivity index (χ0v) is 10.6. The molecule has 0 fully saturated rings. The van der Waals surface area contributed by atoms with Crippen LogP contribution in [-0.4, -0.2) is 16.1 Å². The molecule has 0 aliphatic carbocycles. The van der Waals surface area contributed by atoms with Gasteiger partial charge in [0.05, 0.1) is 24.6 Å². The van der Waals surface area contributed by atoms with Gasteiger partial charge in [-0.1, -0.05) is 0 Å². The summed E-state index contributed by atoms with van der Waals surface area (Å²) in [4.78, 5) is 15.7. The number of hydrogen-bond acceptors (Lipinski definition) is 4. The predicted octanol–water partition coefficient (Wildman–Crippen LogP) is 2.64. The summed E-state index contributed by atoms with van der Waals surface area (Å²) in [5.74, 6) is -1.33. The van der Waals surface area contributed by atoms with E-state index in [2.05, 4.69) is 4.98 Å². The van der Waals surface area contributed by atoms with Crippen LogP contribution < -0.4 is 0 Å². The van der Waals surface area contributed by atoms with E-state index in [-0.39, 0.29) is 18.7 Å². The third kappa shape index (κ3) is 3.14. The van der Waals surface area contributed by atoms with Gasteiger partial charge in [0.2, 0.25) is 0 Å². The summed E-state index contributed by atoms with van der Waals surface area (Å²) in [6.45, 7) is 0. The molecule has 0 spiro atoms. The first-order valence-corrected chi connectivity index (χ1v) is 6.25. The highest BCUT2D eigenvalue weighted by molar-refractivity contribution is 7.12. The molecule has 1 N–H and O–H groups in total. The van der Waals surface area contributed by atoms with Crippen LogP contribution in [0, 0.1) is 17.1 Å². The van der Waals surface area contributed by atoms with Gasteiger partial charge in [0.15, 0.2) is 0 Å². The summed E-state index contributed by atoms with van der Waals surface area (Å²) in [6.07, 6.45) is -0.0196. The molecule has 0 aliphatic heterocycles. The van der Waals surface area contributed by atoms with E-state index in [0.29, 0.717) is 21.1 Å². The minimum absolute atomic E-state index is 0.137. The minimum Gasteiger partial charge on any atom is -0.481 e. The van der Waals surface area contributed by atoms with Gasteiger partial charge in [-0.3, -0.25) is 4.79 Å². The number of thiazole rings is 1. The van der Waals surface area contributed by atoms with E-state index in [0.717, 1.165) is 0 Å². The second kappa shape index (κ2) is 5.59. The van der Waals surface area contributed by atoms with Gasteiger partial charge in [-0.2, -0.15) is 5.26 Å². The molecule has 0 saturated carbocycles. The molecule has 0 atom stereocenters. The van der Waals surface area contributed by atoms with Crippen molar-refractivity contribution in [3.8, 4) is 17.3 Å². The standard InChI is InChI=1S/C13H9FN2O2S/c14-9-3-1-8(2-4-9)13-10(7-12(17)18)19-11(16-13)5-6-15/h1-4H,5,7H2,(H,17,18). The van der Waals surface area contributed by atoms with Crippen molar-refractivity contribution in [2.45, 2.75) is 12.8 Å². The number of carboxylic acid groups (broad SMARTS) is 1. The average Bonchev–Trinajstić information content (AvgIpc) is 2.72. The van der Waals surface area contributed by atoms with E-state index in [9.17, 15) is 9.18 Å². The Hall–Kier alpha value is -2.26. The number of nitriles is 1. The molecule has 1 heterocycles. The van der Waals surface area contributed by atoms with Crippen molar-refractivity contribution in [3.05, 3.63) is 40.0 Å². The fourth-order valence-corrected chi connectivity index (χ4v) is 2.65. The monoisotopic (exact) mass is 276 g/mol. The quantitative estimate of drug-likeness (QED) is 0.931. The van der Waals surface area contributed by atoms with Gasteiger partial charge in [-0.05, 0) is 24.3 Å². The zero-order valence-electron chi connectivity index (χ0n) is 9.76. The molecule has 0 aliphatic rings. The molecule has 0 saturated heterocycles. The minimum atomic E-state index is -0.962. The third-order valence-electron chi connectivity index (χ3n) is 2.40. The van der Waals surface area contributed by atoms with Crippen LogP contribution in [0.2, 0.25) is 0 Å². The highest BCUT2D eigenvalue weighted by Gasteiger charge is 2.15. The first-order valence-electron chi connectivity index (χ1n) is 5.43. The lowest BCUT2D eigenvalue weighted by molar-refractivity contribution is -0.136. The summed E-state index contributed by atoms with van der Waals surface area (Å²) in [7, 11) is 0. The molecule has 4 nitrogen and oxygen atoms in total. The van der Waals surface area contributed by atoms with Crippen molar-refractivity contribution >= 4 is 17.3 Å². The topological polar surface area (TPSA) is 74.0 Å². The number of aliphatic carboxylic acids is 1. The maximum atomic E-state index is 12.9. The number of hydrogen-bond donors (Lipinski definition) is 1. The molecule has 0 unspecified atom stereocenters. The van der Waals surface area contributed by atoms with Crippen molar-refractivity contribution in [1.29, 1.82) is 5.26 Å². The Kier molecular flexibility index (Phi) is 3.88. The van der Waals surface area contributed by atoms with Crippen molar-refractivity contribution in [2.24, 2.45) is 0 Å². The highest BCUT2D eigenvalue weighted by atomic mass is 32.1. The van der Waals surface area contributed by atoms with E-state index >= 15 is 0 Å². The Morgan fingerprint density at radius 1 is 1.42 bits per heavy atom. The summed E-state index contributed by atoms with van der Waals surface area (Å²) in [6, 6.07) is 7.66.